The molecule has 1 aliphatic carbocycles. The van der Waals surface area contributed by atoms with Gasteiger partial charge in [-0.05, 0) is 74.1 Å². The molecule has 0 aliphatic heterocycles. The van der Waals surface area contributed by atoms with Gasteiger partial charge in [0.15, 0.2) is 11.6 Å². The molecule has 35 heavy (non-hydrogen) atoms. The van der Waals surface area contributed by atoms with Crippen LogP contribution in [-0.4, -0.2) is 27.9 Å². The zero-order chi connectivity index (χ0) is 24.8. The van der Waals surface area contributed by atoms with Gasteiger partial charge >= 0.3 is 0 Å². The van der Waals surface area contributed by atoms with E-state index in [2.05, 4.69) is 25.6 Å². The zero-order valence-corrected chi connectivity index (χ0v) is 19.4. The first-order valence-electron chi connectivity index (χ1n) is 11.2. The molecule has 0 atom stereocenters. The third-order valence-corrected chi connectivity index (χ3v) is 5.98. The Bertz CT molecular complexity index is 1200. The lowest BCUT2D eigenvalue weighted by molar-refractivity contribution is 0.0976. The molecule has 1 amide bonds. The maximum Gasteiger partial charge on any atom is 0.258 e. The Hall–Kier alpha value is -3.46. The number of nitrogens with one attached hydrogen (secondary N) is 2. The number of guanidine groups is 1. The van der Waals surface area contributed by atoms with Crippen molar-refractivity contribution in [3.8, 4) is 0 Å². The Kier molecular flexibility index (Phi) is 7.97. The molecule has 0 bridgehead atoms. The van der Waals surface area contributed by atoms with Crippen molar-refractivity contribution in [1.82, 2.24) is 15.3 Å². The van der Waals surface area contributed by atoms with Crippen LogP contribution in [0.15, 0.2) is 59.9 Å². The number of halogens is 4. The monoisotopic (exact) mass is 501 g/mol. The molecule has 1 heterocycles. The number of carbonyl (C=O) groups excluding carboxylic acids is 1. The van der Waals surface area contributed by atoms with Crippen LogP contribution in [-0.2, 0) is 6.42 Å². The number of amides is 1. The molecule has 1 aromatic heterocycles. The maximum atomic E-state index is 13.8. The predicted octanol–water partition coefficient (Wildman–Crippen LogP) is 5.55. The first-order valence-corrected chi connectivity index (χ1v) is 11.6. The molecule has 2 N–H and O–H groups in total. The van der Waals surface area contributed by atoms with Gasteiger partial charge in [-0.2, -0.15) is 0 Å². The van der Waals surface area contributed by atoms with Crippen LogP contribution in [0.25, 0.3) is 0 Å². The molecule has 4 rings (SSSR count). The summed E-state index contributed by atoms with van der Waals surface area (Å²) < 4.78 is 40.7. The third-order valence-electron chi connectivity index (χ3n) is 5.76. The summed E-state index contributed by atoms with van der Waals surface area (Å²) in [6.07, 6.45) is 7.60. The van der Waals surface area contributed by atoms with Crippen LogP contribution in [0.3, 0.4) is 0 Å². The highest BCUT2D eigenvalue weighted by Gasteiger charge is 2.23. The minimum Gasteiger partial charge on any atom is -0.326 e. The van der Waals surface area contributed by atoms with Crippen LogP contribution in [0.4, 0.5) is 18.9 Å². The van der Waals surface area contributed by atoms with Gasteiger partial charge in [0.05, 0.1) is 6.04 Å². The highest BCUT2D eigenvalue weighted by atomic mass is 35.5. The smallest absolute Gasteiger partial charge is 0.258 e. The summed E-state index contributed by atoms with van der Waals surface area (Å²) in [5.74, 6) is -2.14. The lowest BCUT2D eigenvalue weighted by Crippen LogP contribution is -2.37. The van der Waals surface area contributed by atoms with Gasteiger partial charge in [0, 0.05) is 35.1 Å². The van der Waals surface area contributed by atoms with E-state index in [1.165, 1.54) is 18.2 Å². The summed E-state index contributed by atoms with van der Waals surface area (Å²) in [5.41, 5.74) is 0.205. The largest absolute Gasteiger partial charge is 0.326 e. The van der Waals surface area contributed by atoms with Crippen molar-refractivity contribution < 1.29 is 18.0 Å². The molecule has 1 saturated carbocycles. The number of rotatable bonds is 5. The number of benzene rings is 2. The van der Waals surface area contributed by atoms with Crippen molar-refractivity contribution in [3.05, 3.63) is 88.7 Å². The van der Waals surface area contributed by atoms with Crippen molar-refractivity contribution in [2.75, 3.05) is 5.32 Å². The van der Waals surface area contributed by atoms with Crippen molar-refractivity contribution >= 4 is 29.2 Å². The summed E-state index contributed by atoms with van der Waals surface area (Å²) >= 11 is 5.95. The molecule has 2 aromatic carbocycles. The zero-order valence-electron chi connectivity index (χ0n) is 18.6. The van der Waals surface area contributed by atoms with Crippen molar-refractivity contribution in [2.24, 2.45) is 10.9 Å². The molecule has 10 heteroatoms. The lowest BCUT2D eigenvalue weighted by Gasteiger charge is -2.26. The molecule has 1 aliphatic rings. The summed E-state index contributed by atoms with van der Waals surface area (Å²) in [7, 11) is 0. The standard InChI is InChI=1S/C25H23ClF3N5O/c26-17-12-18(27)14-20(13-17)33-25(34-24(35)16-4-7-21(28)22(29)11-16)32-19-5-2-15(3-6-19)10-23-30-8-1-9-31-23/h1,4,7-9,11-15,19H,2-3,5-6,10H2,(H2,32,33,34,35). The molecular formula is C25H23ClF3N5O. The van der Waals surface area contributed by atoms with E-state index in [4.69, 9.17) is 11.6 Å². The Labute approximate surface area is 205 Å². The second kappa shape index (κ2) is 11.3. The molecule has 1 fully saturated rings. The average molecular weight is 502 g/mol. The lowest BCUT2D eigenvalue weighted by atomic mass is 9.84. The molecule has 182 valence electrons. The van der Waals surface area contributed by atoms with Crippen LogP contribution in [0, 0.1) is 23.4 Å². The predicted molar refractivity (Wildman–Crippen MR) is 128 cm³/mol. The Balaban J connectivity index is 1.48. The van der Waals surface area contributed by atoms with Gasteiger partial charge in [0.25, 0.3) is 5.91 Å². The fourth-order valence-electron chi connectivity index (χ4n) is 4.03. The second-order valence-corrected chi connectivity index (χ2v) is 8.82. The number of hydrogen-bond acceptors (Lipinski definition) is 4. The summed E-state index contributed by atoms with van der Waals surface area (Å²) in [4.78, 5) is 25.9. The van der Waals surface area contributed by atoms with E-state index in [1.54, 1.807) is 18.5 Å². The van der Waals surface area contributed by atoms with Crippen molar-refractivity contribution in [2.45, 2.75) is 38.1 Å². The van der Waals surface area contributed by atoms with Crippen LogP contribution in [0.5, 0.6) is 0 Å². The van der Waals surface area contributed by atoms with Gasteiger partial charge in [-0.15, -0.1) is 0 Å². The SMILES string of the molecule is O=C(NC(=NC1CCC(Cc2ncccn2)CC1)Nc1cc(F)cc(Cl)c1)c1ccc(F)c(F)c1. The van der Waals surface area contributed by atoms with Gasteiger partial charge in [-0.25, -0.2) is 28.1 Å². The van der Waals surface area contributed by atoms with Gasteiger partial charge in [-0.1, -0.05) is 11.6 Å². The van der Waals surface area contributed by atoms with E-state index in [0.717, 1.165) is 56.1 Å². The summed E-state index contributed by atoms with van der Waals surface area (Å²) in [6.45, 7) is 0. The van der Waals surface area contributed by atoms with Gasteiger partial charge in [0.1, 0.15) is 11.6 Å². The van der Waals surface area contributed by atoms with Gasteiger partial charge in [0.2, 0.25) is 5.96 Å². The quantitative estimate of drug-likeness (QED) is 0.355. The van der Waals surface area contributed by atoms with E-state index in [9.17, 15) is 18.0 Å². The molecule has 6 nitrogen and oxygen atoms in total. The molecule has 0 spiro atoms. The van der Waals surface area contributed by atoms with Crippen LogP contribution in [0.2, 0.25) is 5.02 Å². The third kappa shape index (κ3) is 7.02. The highest BCUT2D eigenvalue weighted by Crippen LogP contribution is 2.28. The second-order valence-electron chi connectivity index (χ2n) is 8.39. The van der Waals surface area contributed by atoms with E-state index in [0.29, 0.717) is 5.92 Å². The van der Waals surface area contributed by atoms with Crippen molar-refractivity contribution in [1.29, 1.82) is 0 Å². The summed E-state index contributed by atoms with van der Waals surface area (Å²) in [6, 6.07) is 8.38. The number of nitrogens with zero attached hydrogens (tertiary/aromatic N) is 3. The van der Waals surface area contributed by atoms with Gasteiger partial charge < -0.3 is 5.32 Å². The van der Waals surface area contributed by atoms with Gasteiger partial charge in [-0.3, -0.25) is 10.1 Å². The number of anilines is 1. The summed E-state index contributed by atoms with van der Waals surface area (Å²) in [5, 5.41) is 5.65. The average Bonchev–Trinajstić information content (AvgIpc) is 2.82. The molecule has 0 saturated heterocycles. The Morgan fingerprint density at radius 3 is 2.43 bits per heavy atom. The number of carbonyl (C=O) groups is 1. The van der Waals surface area contributed by atoms with E-state index in [1.807, 2.05) is 0 Å². The number of hydrogen-bond donors (Lipinski definition) is 2. The highest BCUT2D eigenvalue weighted by molar-refractivity contribution is 6.31. The molecular weight excluding hydrogens is 479 g/mol. The minimum atomic E-state index is -1.14. The van der Waals surface area contributed by atoms with Crippen LogP contribution < -0.4 is 10.6 Å². The Morgan fingerprint density at radius 2 is 1.74 bits per heavy atom. The number of aromatic nitrogens is 2. The first-order chi connectivity index (χ1) is 16.9. The fraction of sp³-hybridized carbons (Fsp3) is 0.280. The van der Waals surface area contributed by atoms with E-state index < -0.39 is 23.4 Å². The fourth-order valence-corrected chi connectivity index (χ4v) is 4.25. The maximum absolute atomic E-state index is 13.8. The van der Waals surface area contributed by atoms with Crippen molar-refractivity contribution in [3.63, 3.8) is 0 Å². The molecule has 0 unspecified atom stereocenters. The van der Waals surface area contributed by atoms with Crippen LogP contribution >= 0.6 is 11.6 Å². The molecule has 3 aromatic rings. The van der Waals surface area contributed by atoms with E-state index >= 15 is 0 Å². The Morgan fingerprint density at radius 1 is 1.00 bits per heavy atom. The number of aliphatic imine (C=N–C) groups is 1. The van der Waals surface area contributed by atoms with Crippen LogP contribution in [0.1, 0.15) is 41.9 Å². The topological polar surface area (TPSA) is 79.3 Å². The minimum absolute atomic E-state index is 0.0660. The first kappa shape index (κ1) is 24.7. The molecule has 0 radical (unpaired) electrons. The van der Waals surface area contributed by atoms with E-state index in [-0.39, 0.29) is 28.3 Å². The normalized spacial score (nSPS) is 18.2.